The van der Waals surface area contributed by atoms with Gasteiger partial charge in [0.1, 0.15) is 12.1 Å². The predicted molar refractivity (Wildman–Crippen MR) is 156 cm³/mol. The van der Waals surface area contributed by atoms with Crippen molar-refractivity contribution in [3.05, 3.63) is 141 Å². The molecule has 0 aromatic heterocycles. The van der Waals surface area contributed by atoms with Crippen molar-refractivity contribution in [2.24, 2.45) is 0 Å². The van der Waals surface area contributed by atoms with Crippen LogP contribution in [0.2, 0.25) is 0 Å². The van der Waals surface area contributed by atoms with Crippen LogP contribution in [0, 0.1) is 50.4 Å². The predicted octanol–water partition coefficient (Wildman–Crippen LogP) is 8.80. The van der Waals surface area contributed by atoms with Crippen LogP contribution in [0.5, 0.6) is 0 Å². The van der Waals surface area contributed by atoms with Crippen LogP contribution in [0.3, 0.4) is 0 Å². The van der Waals surface area contributed by atoms with Crippen molar-refractivity contribution in [3.63, 3.8) is 0 Å². The quantitative estimate of drug-likeness (QED) is 0.245. The van der Waals surface area contributed by atoms with Crippen LogP contribution in [0.4, 0.5) is 0 Å². The fourth-order valence-corrected chi connectivity index (χ4v) is 5.73. The summed E-state index contributed by atoms with van der Waals surface area (Å²) in [4.78, 5) is 0. The van der Waals surface area contributed by atoms with Gasteiger partial charge in [-0.25, -0.2) is 0 Å². The summed E-state index contributed by atoms with van der Waals surface area (Å²) in [6.45, 7) is 8.31. The lowest BCUT2D eigenvalue weighted by atomic mass is 9.84. The normalized spacial score (nSPS) is 11.6. The molecule has 2 heteroatoms. The fourth-order valence-electron chi connectivity index (χ4n) is 5.73. The zero-order chi connectivity index (χ0) is 26.6. The Balaban J connectivity index is 1.89. The second kappa shape index (κ2) is 8.88. The van der Waals surface area contributed by atoms with Gasteiger partial charge in [0.15, 0.2) is 0 Å². The van der Waals surface area contributed by atoms with Crippen LogP contribution in [0.1, 0.15) is 55.6 Å². The lowest BCUT2D eigenvalue weighted by Gasteiger charge is -2.18. The maximum atomic E-state index is 10.6. The average Bonchev–Trinajstić information content (AvgIpc) is 3.23. The number of nitrogens with zero attached hydrogens (tertiary/aromatic N) is 2. The van der Waals surface area contributed by atoms with Gasteiger partial charge in [-0.1, -0.05) is 107 Å². The summed E-state index contributed by atoms with van der Waals surface area (Å²) in [7, 11) is 0. The summed E-state index contributed by atoms with van der Waals surface area (Å²) in [6.07, 6.45) is 0. The minimum Gasteiger partial charge on any atom is -0.192 e. The van der Waals surface area contributed by atoms with Crippen LogP contribution >= 0.6 is 0 Å². The van der Waals surface area contributed by atoms with Crippen LogP contribution < -0.4 is 0 Å². The number of aryl methyl sites for hydroxylation is 4. The second-order valence-electron chi connectivity index (χ2n) is 10.3. The highest BCUT2D eigenvalue weighted by molar-refractivity contribution is 6.20. The molecule has 0 aliphatic heterocycles. The minimum atomic E-state index is 0.444. The number of fused-ring (bicyclic) bond motifs is 5. The Hall–Kier alpha value is -4.92. The molecule has 1 aliphatic carbocycles. The second-order valence-corrected chi connectivity index (χ2v) is 10.3. The smallest absolute Gasteiger partial charge is 0.101 e. The third-order valence-corrected chi connectivity index (χ3v) is 7.58. The summed E-state index contributed by atoms with van der Waals surface area (Å²) >= 11 is 0. The number of hydrogen-bond acceptors (Lipinski definition) is 2. The molecule has 0 saturated carbocycles. The standard InChI is InChI=1S/C36H26N2/c1-21-5-11-25(12-6-21)33(26-13-7-22(2)8-14-26)35-30-18-24(4)10-16-28(30)34-27-15-9-23(3)17-29(27)31(19-37)32(20-38)36(34)35/h5-18H,1-4H3. The van der Waals surface area contributed by atoms with Crippen LogP contribution in [-0.2, 0) is 0 Å². The van der Waals surface area contributed by atoms with E-state index in [0.717, 1.165) is 66.4 Å². The first-order valence-electron chi connectivity index (χ1n) is 12.8. The Labute approximate surface area is 223 Å². The van der Waals surface area contributed by atoms with E-state index >= 15 is 0 Å². The van der Waals surface area contributed by atoms with Crippen molar-refractivity contribution < 1.29 is 0 Å². The van der Waals surface area contributed by atoms with E-state index in [1.54, 1.807) is 0 Å². The molecule has 0 bridgehead atoms. The Bertz CT molecular complexity index is 1840. The molecule has 0 radical (unpaired) electrons. The molecule has 2 nitrogen and oxygen atoms in total. The molecular weight excluding hydrogens is 460 g/mol. The molecule has 1 aliphatic rings. The summed E-state index contributed by atoms with van der Waals surface area (Å²) < 4.78 is 0. The highest BCUT2D eigenvalue weighted by atomic mass is 14.4. The molecule has 0 saturated heterocycles. The molecular formula is C36H26N2. The average molecular weight is 487 g/mol. The Morgan fingerprint density at radius 3 is 1.61 bits per heavy atom. The van der Waals surface area contributed by atoms with Crippen molar-refractivity contribution in [1.82, 2.24) is 0 Å². The van der Waals surface area contributed by atoms with Gasteiger partial charge in [-0.15, -0.1) is 0 Å². The largest absolute Gasteiger partial charge is 0.192 e. The van der Waals surface area contributed by atoms with Crippen LogP contribution in [0.25, 0.3) is 33.0 Å². The molecule has 0 atom stereocenters. The van der Waals surface area contributed by atoms with Gasteiger partial charge in [-0.2, -0.15) is 10.5 Å². The molecule has 0 heterocycles. The Morgan fingerprint density at radius 2 is 1.03 bits per heavy atom. The maximum Gasteiger partial charge on any atom is 0.101 e. The third-order valence-electron chi connectivity index (χ3n) is 7.58. The molecule has 38 heavy (non-hydrogen) atoms. The molecule has 0 N–H and O–H groups in total. The molecule has 0 amide bonds. The molecule has 180 valence electrons. The van der Waals surface area contributed by atoms with Crippen LogP contribution in [0.15, 0.2) is 84.9 Å². The SMILES string of the molecule is Cc1ccc(C(=C2c3cc(C)ccc3-c3c2c(C#N)c(C#N)c2cc(C)ccc32)c2ccc(C)cc2)cc1. The summed E-state index contributed by atoms with van der Waals surface area (Å²) in [5.41, 5.74) is 13.8. The zero-order valence-electron chi connectivity index (χ0n) is 22.0. The Morgan fingerprint density at radius 1 is 0.500 bits per heavy atom. The van der Waals surface area contributed by atoms with Gasteiger partial charge in [0.25, 0.3) is 0 Å². The third kappa shape index (κ3) is 3.54. The molecule has 5 aromatic carbocycles. The highest BCUT2D eigenvalue weighted by Gasteiger charge is 2.33. The first-order chi connectivity index (χ1) is 18.4. The molecule has 0 spiro atoms. The van der Waals surface area contributed by atoms with E-state index in [2.05, 4.69) is 112 Å². The van der Waals surface area contributed by atoms with Crippen LogP contribution in [-0.4, -0.2) is 0 Å². The number of benzene rings is 5. The number of nitriles is 2. The molecule has 0 unspecified atom stereocenters. The van der Waals surface area contributed by atoms with Crippen molar-refractivity contribution >= 4 is 21.9 Å². The number of rotatable bonds is 2. The van der Waals surface area contributed by atoms with Gasteiger partial charge >= 0.3 is 0 Å². The van der Waals surface area contributed by atoms with E-state index in [0.29, 0.717) is 11.1 Å². The summed E-state index contributed by atoms with van der Waals surface area (Å²) in [6, 6.07) is 34.8. The van der Waals surface area contributed by atoms with E-state index in [4.69, 9.17) is 0 Å². The van der Waals surface area contributed by atoms with Crippen molar-refractivity contribution in [2.75, 3.05) is 0 Å². The lowest BCUT2D eigenvalue weighted by Crippen LogP contribution is -2.00. The Kier molecular flexibility index (Phi) is 5.48. The van der Waals surface area contributed by atoms with Gasteiger partial charge in [-0.05, 0) is 72.0 Å². The van der Waals surface area contributed by atoms with Gasteiger partial charge in [0.05, 0.1) is 11.1 Å². The van der Waals surface area contributed by atoms with E-state index in [9.17, 15) is 10.5 Å². The summed E-state index contributed by atoms with van der Waals surface area (Å²) in [5, 5.41) is 22.7. The fraction of sp³-hybridized carbons (Fsp3) is 0.111. The van der Waals surface area contributed by atoms with E-state index in [1.807, 2.05) is 13.0 Å². The number of hydrogen-bond donors (Lipinski definition) is 0. The van der Waals surface area contributed by atoms with Crippen molar-refractivity contribution in [3.8, 4) is 23.3 Å². The zero-order valence-corrected chi connectivity index (χ0v) is 22.0. The van der Waals surface area contributed by atoms with Gasteiger partial charge < -0.3 is 0 Å². The van der Waals surface area contributed by atoms with Gasteiger partial charge in [0.2, 0.25) is 0 Å². The molecule has 0 fully saturated rings. The molecule has 5 aromatic rings. The summed E-state index contributed by atoms with van der Waals surface area (Å²) in [5.74, 6) is 0. The maximum absolute atomic E-state index is 10.6. The minimum absolute atomic E-state index is 0.444. The van der Waals surface area contributed by atoms with Gasteiger partial charge in [0, 0.05) is 10.9 Å². The van der Waals surface area contributed by atoms with E-state index in [-0.39, 0.29) is 0 Å². The lowest BCUT2D eigenvalue weighted by molar-refractivity contribution is 1.41. The highest BCUT2D eigenvalue weighted by Crippen LogP contribution is 2.53. The van der Waals surface area contributed by atoms with E-state index < -0.39 is 0 Å². The van der Waals surface area contributed by atoms with Crippen molar-refractivity contribution in [1.29, 1.82) is 10.5 Å². The first kappa shape index (κ1) is 23.5. The monoisotopic (exact) mass is 486 g/mol. The topological polar surface area (TPSA) is 47.6 Å². The first-order valence-corrected chi connectivity index (χ1v) is 12.8. The van der Waals surface area contributed by atoms with Gasteiger partial charge in [-0.3, -0.25) is 0 Å². The molecule has 6 rings (SSSR count). The van der Waals surface area contributed by atoms with Crippen molar-refractivity contribution in [2.45, 2.75) is 27.7 Å². The van der Waals surface area contributed by atoms with E-state index in [1.165, 1.54) is 11.1 Å².